The summed E-state index contributed by atoms with van der Waals surface area (Å²) >= 11 is 0. The predicted molar refractivity (Wildman–Crippen MR) is 164 cm³/mol. The summed E-state index contributed by atoms with van der Waals surface area (Å²) in [5.74, 6) is -1.15. The van der Waals surface area contributed by atoms with Crippen molar-refractivity contribution in [1.82, 2.24) is 14.9 Å². The molecule has 1 atom stereocenters. The van der Waals surface area contributed by atoms with Crippen LogP contribution in [0.2, 0.25) is 0 Å². The van der Waals surface area contributed by atoms with E-state index in [0.717, 1.165) is 47.8 Å². The second-order valence-electron chi connectivity index (χ2n) is 10.3. The van der Waals surface area contributed by atoms with E-state index in [-0.39, 0.29) is 28.8 Å². The first kappa shape index (κ1) is 32.5. The van der Waals surface area contributed by atoms with Gasteiger partial charge in [-0.2, -0.15) is 4.98 Å². The highest BCUT2D eigenvalue weighted by Crippen LogP contribution is 2.30. The molecule has 2 heterocycles. The van der Waals surface area contributed by atoms with Crippen molar-refractivity contribution in [2.24, 2.45) is 0 Å². The number of piperidine rings is 1. The standard InChI is InChI=1S/C30H37FN6O6S/c1-4-36(5-2)29-32-20-26(35(3)44(41,42)24-15-11-22(31)12-16-24)27(34-29)33-25(28(38)39)19-21-9-13-23(14-10-21)43-30(40)37-17-7-6-8-18-37/h9-16,20,25H,4-8,17-19H2,1-3H3,(H,38,39)(H,32,33,34)/t25-/m0/s1. The van der Waals surface area contributed by atoms with Crippen LogP contribution in [-0.4, -0.2) is 79.7 Å². The minimum Gasteiger partial charge on any atom is -0.480 e. The lowest BCUT2D eigenvalue weighted by atomic mass is 10.1. The summed E-state index contributed by atoms with van der Waals surface area (Å²) in [6.45, 7) is 6.26. The van der Waals surface area contributed by atoms with E-state index in [1.54, 1.807) is 29.2 Å². The number of aliphatic carboxylic acids is 1. The average Bonchev–Trinajstić information content (AvgIpc) is 3.02. The molecule has 0 spiro atoms. The summed E-state index contributed by atoms with van der Waals surface area (Å²) in [4.78, 5) is 37.1. The molecule has 0 aliphatic carbocycles. The number of ether oxygens (including phenoxy) is 1. The van der Waals surface area contributed by atoms with Crippen molar-refractivity contribution in [1.29, 1.82) is 0 Å². The first-order valence-electron chi connectivity index (χ1n) is 14.4. The van der Waals surface area contributed by atoms with Gasteiger partial charge < -0.3 is 25.0 Å². The minimum absolute atomic E-state index is 0.00503. The van der Waals surface area contributed by atoms with Crippen LogP contribution >= 0.6 is 0 Å². The monoisotopic (exact) mass is 628 g/mol. The van der Waals surface area contributed by atoms with Gasteiger partial charge in [-0.05, 0) is 75.1 Å². The number of anilines is 3. The van der Waals surface area contributed by atoms with Gasteiger partial charge >= 0.3 is 12.1 Å². The van der Waals surface area contributed by atoms with Gasteiger partial charge in [-0.15, -0.1) is 0 Å². The molecule has 2 aromatic carbocycles. The van der Waals surface area contributed by atoms with Crippen LogP contribution in [0, 0.1) is 5.82 Å². The molecule has 0 saturated carbocycles. The highest BCUT2D eigenvalue weighted by Gasteiger charge is 2.28. The van der Waals surface area contributed by atoms with E-state index >= 15 is 0 Å². The normalized spacial score (nSPS) is 14.0. The molecule has 4 rings (SSSR count). The van der Waals surface area contributed by atoms with Crippen molar-refractivity contribution < 1.29 is 32.2 Å². The number of nitrogens with zero attached hydrogens (tertiary/aromatic N) is 5. The van der Waals surface area contributed by atoms with Crippen molar-refractivity contribution in [2.75, 3.05) is 47.7 Å². The Morgan fingerprint density at radius 3 is 2.27 bits per heavy atom. The second-order valence-corrected chi connectivity index (χ2v) is 12.3. The molecule has 0 radical (unpaired) electrons. The van der Waals surface area contributed by atoms with E-state index < -0.39 is 33.9 Å². The van der Waals surface area contributed by atoms with Gasteiger partial charge in [-0.1, -0.05) is 12.1 Å². The Balaban J connectivity index is 1.59. The summed E-state index contributed by atoms with van der Waals surface area (Å²) in [6.07, 6.45) is 3.88. The lowest BCUT2D eigenvalue weighted by molar-refractivity contribution is -0.137. The number of carbonyl (C=O) groups is 2. The van der Waals surface area contributed by atoms with Crippen LogP contribution in [0.4, 0.5) is 26.6 Å². The summed E-state index contributed by atoms with van der Waals surface area (Å²) in [7, 11) is -2.88. The summed E-state index contributed by atoms with van der Waals surface area (Å²) in [5, 5.41) is 13.0. The number of carboxylic acids is 1. The number of hydrogen-bond acceptors (Lipinski definition) is 9. The van der Waals surface area contributed by atoms with Crippen molar-refractivity contribution in [3.8, 4) is 5.75 Å². The maximum absolute atomic E-state index is 13.5. The number of sulfonamides is 1. The first-order valence-corrected chi connectivity index (χ1v) is 15.9. The largest absolute Gasteiger partial charge is 0.480 e. The summed E-state index contributed by atoms with van der Waals surface area (Å²) in [6, 6.07) is 9.71. The van der Waals surface area contributed by atoms with Crippen LogP contribution in [0.5, 0.6) is 5.75 Å². The number of aromatic nitrogens is 2. The van der Waals surface area contributed by atoms with Crippen molar-refractivity contribution in [3.63, 3.8) is 0 Å². The molecule has 1 amide bonds. The third kappa shape index (κ3) is 7.73. The average molecular weight is 629 g/mol. The number of benzene rings is 2. The number of rotatable bonds is 12. The van der Waals surface area contributed by atoms with E-state index in [1.165, 1.54) is 13.2 Å². The van der Waals surface area contributed by atoms with Gasteiger partial charge in [0.1, 0.15) is 23.3 Å². The molecule has 236 valence electrons. The maximum atomic E-state index is 13.5. The third-order valence-electron chi connectivity index (χ3n) is 7.41. The lowest BCUT2D eigenvalue weighted by Gasteiger charge is -2.26. The summed E-state index contributed by atoms with van der Waals surface area (Å²) in [5.41, 5.74) is 0.644. The quantitative estimate of drug-likeness (QED) is 0.296. The van der Waals surface area contributed by atoms with Crippen molar-refractivity contribution in [3.05, 3.63) is 66.1 Å². The predicted octanol–water partition coefficient (Wildman–Crippen LogP) is 4.38. The fourth-order valence-corrected chi connectivity index (χ4v) is 5.98. The minimum atomic E-state index is -4.17. The van der Waals surface area contributed by atoms with Crippen LogP contribution in [0.1, 0.15) is 38.7 Å². The number of amides is 1. The third-order valence-corrected chi connectivity index (χ3v) is 9.19. The summed E-state index contributed by atoms with van der Waals surface area (Å²) < 4.78 is 46.7. The van der Waals surface area contributed by atoms with Crippen LogP contribution in [0.25, 0.3) is 0 Å². The van der Waals surface area contributed by atoms with E-state index in [9.17, 15) is 27.5 Å². The molecule has 1 aromatic heterocycles. The smallest absolute Gasteiger partial charge is 0.415 e. The number of halogens is 1. The van der Waals surface area contributed by atoms with Gasteiger partial charge in [-0.25, -0.2) is 27.4 Å². The highest BCUT2D eigenvalue weighted by atomic mass is 32.2. The molecule has 3 aromatic rings. The number of likely N-dealkylation sites (tertiary alicyclic amines) is 1. The lowest BCUT2D eigenvalue weighted by Crippen LogP contribution is -2.37. The maximum Gasteiger partial charge on any atom is 0.415 e. The van der Waals surface area contributed by atoms with E-state index in [0.29, 0.717) is 37.5 Å². The number of carbonyl (C=O) groups excluding carboxylic acids is 1. The fraction of sp³-hybridized carbons (Fsp3) is 0.400. The highest BCUT2D eigenvalue weighted by molar-refractivity contribution is 7.92. The Bertz CT molecular complexity index is 1550. The molecule has 0 bridgehead atoms. The Morgan fingerprint density at radius 2 is 1.68 bits per heavy atom. The van der Waals surface area contributed by atoms with Crippen LogP contribution in [-0.2, 0) is 21.2 Å². The van der Waals surface area contributed by atoms with Gasteiger partial charge in [0.15, 0.2) is 5.82 Å². The molecular weight excluding hydrogens is 591 g/mol. The molecule has 12 nitrogen and oxygen atoms in total. The second kappa shape index (κ2) is 14.3. The Hall–Kier alpha value is -4.46. The number of nitrogens with one attached hydrogen (secondary N) is 1. The van der Waals surface area contributed by atoms with E-state index in [4.69, 9.17) is 4.74 Å². The zero-order chi connectivity index (χ0) is 31.9. The van der Waals surface area contributed by atoms with Crippen LogP contribution in [0.3, 0.4) is 0 Å². The Morgan fingerprint density at radius 1 is 1.05 bits per heavy atom. The zero-order valence-electron chi connectivity index (χ0n) is 24.9. The molecule has 1 aliphatic rings. The molecule has 14 heteroatoms. The van der Waals surface area contributed by atoms with Gasteiger partial charge in [0, 0.05) is 39.6 Å². The zero-order valence-corrected chi connectivity index (χ0v) is 25.8. The van der Waals surface area contributed by atoms with Gasteiger partial charge in [-0.3, -0.25) is 4.31 Å². The number of carboxylic acid groups (broad SMARTS) is 1. The van der Waals surface area contributed by atoms with Gasteiger partial charge in [0.25, 0.3) is 10.0 Å². The topological polar surface area (TPSA) is 145 Å². The van der Waals surface area contributed by atoms with Crippen molar-refractivity contribution in [2.45, 2.75) is 50.5 Å². The first-order chi connectivity index (χ1) is 21.0. The molecule has 0 unspecified atom stereocenters. The molecule has 44 heavy (non-hydrogen) atoms. The van der Waals surface area contributed by atoms with Crippen LogP contribution < -0.4 is 19.3 Å². The van der Waals surface area contributed by atoms with Crippen LogP contribution in [0.15, 0.2) is 59.6 Å². The molecular formula is C30H37FN6O6S. The molecule has 2 N–H and O–H groups in total. The van der Waals surface area contributed by atoms with Gasteiger partial charge in [0.2, 0.25) is 5.95 Å². The van der Waals surface area contributed by atoms with E-state index in [1.807, 2.05) is 18.7 Å². The fourth-order valence-electron chi connectivity index (χ4n) is 4.79. The Kier molecular flexibility index (Phi) is 10.6. The Labute approximate surface area is 256 Å². The van der Waals surface area contributed by atoms with Gasteiger partial charge in [0.05, 0.1) is 11.1 Å². The number of hydrogen-bond donors (Lipinski definition) is 2. The molecule has 1 saturated heterocycles. The molecule has 1 fully saturated rings. The van der Waals surface area contributed by atoms with Crippen molar-refractivity contribution >= 4 is 39.5 Å². The molecule has 1 aliphatic heterocycles. The van der Waals surface area contributed by atoms with E-state index in [2.05, 4.69) is 15.3 Å². The SMILES string of the molecule is CCN(CC)c1ncc(N(C)S(=O)(=O)c2ccc(F)cc2)c(N[C@@H](Cc2ccc(OC(=O)N3CCCCC3)cc2)C(=O)O)n1.